The minimum absolute atomic E-state index is 0.00712. The predicted octanol–water partition coefficient (Wildman–Crippen LogP) is 2.50. The second kappa shape index (κ2) is 6.31. The van der Waals surface area contributed by atoms with E-state index in [1.807, 2.05) is 0 Å². The van der Waals surface area contributed by atoms with Gasteiger partial charge in [-0.05, 0) is 43.2 Å². The molecular formula is C20H18O6. The van der Waals surface area contributed by atoms with Crippen molar-refractivity contribution in [3.05, 3.63) is 64.2 Å². The van der Waals surface area contributed by atoms with Crippen LogP contribution in [0.1, 0.15) is 44.3 Å². The summed E-state index contributed by atoms with van der Waals surface area (Å²) < 4.78 is 5.41. The molecule has 0 amide bonds. The first kappa shape index (κ1) is 17.7. The van der Waals surface area contributed by atoms with Crippen LogP contribution in [0.3, 0.4) is 0 Å². The minimum atomic E-state index is -0.897. The Labute approximate surface area is 150 Å². The van der Waals surface area contributed by atoms with E-state index in [2.05, 4.69) is 6.58 Å². The molecule has 3 rings (SSSR count). The van der Waals surface area contributed by atoms with Crippen LogP contribution in [0.5, 0.6) is 17.2 Å². The van der Waals surface area contributed by atoms with Gasteiger partial charge >= 0.3 is 0 Å². The number of phenols is 2. The maximum atomic E-state index is 12.8. The molecule has 2 aromatic carbocycles. The van der Waals surface area contributed by atoms with E-state index in [9.17, 15) is 24.9 Å². The van der Waals surface area contributed by atoms with Gasteiger partial charge in [-0.2, -0.15) is 0 Å². The van der Waals surface area contributed by atoms with Crippen molar-refractivity contribution in [3.8, 4) is 17.2 Å². The van der Waals surface area contributed by atoms with E-state index in [4.69, 9.17) is 4.74 Å². The third-order valence-electron chi connectivity index (χ3n) is 4.27. The van der Waals surface area contributed by atoms with Gasteiger partial charge in [0.05, 0.1) is 11.1 Å². The third kappa shape index (κ3) is 2.84. The Balaban J connectivity index is 2.06. The third-order valence-corrected chi connectivity index (χ3v) is 4.27. The quantitative estimate of drug-likeness (QED) is 0.622. The molecule has 0 heterocycles. The summed E-state index contributed by atoms with van der Waals surface area (Å²) in [6, 6.07) is 5.46. The molecule has 2 aromatic rings. The number of rotatable bonds is 4. The molecule has 0 aromatic heterocycles. The number of benzene rings is 2. The lowest BCUT2D eigenvalue weighted by Gasteiger charge is -2.21. The number of ketones is 2. The van der Waals surface area contributed by atoms with Gasteiger partial charge in [0.2, 0.25) is 5.78 Å². The number of aliphatic hydroxyl groups excluding tert-OH is 1. The highest BCUT2D eigenvalue weighted by molar-refractivity contribution is 6.30. The molecule has 1 aliphatic rings. The van der Waals surface area contributed by atoms with Crippen molar-refractivity contribution in [2.24, 2.45) is 0 Å². The summed E-state index contributed by atoms with van der Waals surface area (Å²) in [6.07, 6.45) is -0.897. The van der Waals surface area contributed by atoms with Crippen molar-refractivity contribution in [1.29, 1.82) is 0 Å². The molecule has 0 spiro atoms. The summed E-state index contributed by atoms with van der Waals surface area (Å²) in [4.78, 5) is 25.5. The molecular weight excluding hydrogens is 336 g/mol. The van der Waals surface area contributed by atoms with Gasteiger partial charge in [0, 0.05) is 17.2 Å². The predicted molar refractivity (Wildman–Crippen MR) is 94.1 cm³/mol. The number of carbonyl (C=O) groups excluding carboxylic acids is 2. The highest BCUT2D eigenvalue weighted by Crippen LogP contribution is 2.39. The lowest BCUT2D eigenvalue weighted by molar-refractivity contribution is 0.0973. The van der Waals surface area contributed by atoms with E-state index in [0.717, 1.165) is 0 Å². The summed E-state index contributed by atoms with van der Waals surface area (Å²) in [6.45, 7) is 6.85. The van der Waals surface area contributed by atoms with Crippen LogP contribution in [-0.2, 0) is 0 Å². The average molecular weight is 354 g/mol. The Morgan fingerprint density at radius 2 is 1.62 bits per heavy atom. The minimum Gasteiger partial charge on any atom is -0.507 e. The van der Waals surface area contributed by atoms with Crippen LogP contribution in [0.25, 0.3) is 0 Å². The van der Waals surface area contributed by atoms with E-state index < -0.39 is 23.4 Å². The summed E-state index contributed by atoms with van der Waals surface area (Å²) >= 11 is 0. The van der Waals surface area contributed by atoms with Gasteiger partial charge < -0.3 is 20.1 Å². The fraction of sp³-hybridized carbons (Fsp3) is 0.200. The van der Waals surface area contributed by atoms with E-state index >= 15 is 0 Å². The van der Waals surface area contributed by atoms with Crippen LogP contribution in [0.2, 0.25) is 0 Å². The van der Waals surface area contributed by atoms with E-state index in [1.165, 1.54) is 24.3 Å². The zero-order valence-corrected chi connectivity index (χ0v) is 14.4. The molecule has 0 bridgehead atoms. The zero-order valence-electron chi connectivity index (χ0n) is 14.4. The molecule has 0 saturated heterocycles. The number of aryl methyl sites for hydroxylation is 1. The van der Waals surface area contributed by atoms with Crippen LogP contribution >= 0.6 is 0 Å². The van der Waals surface area contributed by atoms with Crippen LogP contribution in [0, 0.1) is 6.92 Å². The van der Waals surface area contributed by atoms with Gasteiger partial charge in [-0.25, -0.2) is 0 Å². The van der Waals surface area contributed by atoms with Gasteiger partial charge in [0.15, 0.2) is 5.78 Å². The van der Waals surface area contributed by atoms with E-state index in [-0.39, 0.29) is 40.4 Å². The van der Waals surface area contributed by atoms with E-state index in [0.29, 0.717) is 11.1 Å². The molecule has 0 unspecified atom stereocenters. The lowest BCUT2D eigenvalue weighted by atomic mass is 9.82. The van der Waals surface area contributed by atoms with Gasteiger partial charge in [0.1, 0.15) is 30.0 Å². The normalized spacial score (nSPS) is 13.8. The Bertz CT molecular complexity index is 957. The number of phenolic OH excluding ortho intramolecular Hbond substituents is 2. The standard InChI is InChI=1S/C20H18O6/c1-9(2)16(23)8-26-11-6-13-18(15(22)7-11)20(25)17-12(19(13)24)4-10(3)5-14(17)21/h4-7,16,21-23H,1,8H2,2-3H3/t16-/m1/s1. The van der Waals surface area contributed by atoms with Crippen molar-refractivity contribution in [2.75, 3.05) is 6.61 Å². The number of carbonyl (C=O) groups is 2. The zero-order chi connectivity index (χ0) is 19.2. The van der Waals surface area contributed by atoms with Crippen molar-refractivity contribution < 1.29 is 29.6 Å². The second-order valence-electron chi connectivity index (χ2n) is 6.40. The number of fused-ring (bicyclic) bond motifs is 2. The molecule has 0 aliphatic heterocycles. The summed E-state index contributed by atoms with van der Waals surface area (Å²) in [5.74, 6) is -1.70. The highest BCUT2D eigenvalue weighted by atomic mass is 16.5. The summed E-state index contributed by atoms with van der Waals surface area (Å²) in [5, 5.41) is 30.1. The first-order valence-corrected chi connectivity index (χ1v) is 7.97. The topological polar surface area (TPSA) is 104 Å². The lowest BCUT2D eigenvalue weighted by Crippen LogP contribution is -2.22. The smallest absolute Gasteiger partial charge is 0.201 e. The maximum absolute atomic E-state index is 12.8. The highest BCUT2D eigenvalue weighted by Gasteiger charge is 2.35. The Kier molecular flexibility index (Phi) is 4.29. The van der Waals surface area contributed by atoms with Gasteiger partial charge in [0.25, 0.3) is 0 Å². The molecule has 26 heavy (non-hydrogen) atoms. The number of aliphatic hydroxyl groups is 1. The van der Waals surface area contributed by atoms with Gasteiger partial charge in [-0.1, -0.05) is 6.58 Å². The fourth-order valence-electron chi connectivity index (χ4n) is 2.87. The number of hydrogen-bond acceptors (Lipinski definition) is 6. The van der Waals surface area contributed by atoms with Crippen LogP contribution in [-0.4, -0.2) is 39.6 Å². The molecule has 1 aliphatic carbocycles. The average Bonchev–Trinajstić information content (AvgIpc) is 2.56. The first-order valence-electron chi connectivity index (χ1n) is 7.97. The molecule has 6 heteroatoms. The molecule has 134 valence electrons. The SMILES string of the molecule is C=C(C)[C@H](O)COc1cc(O)c2c(c1)C(=O)c1cc(C)cc(O)c1C2=O. The summed E-state index contributed by atoms with van der Waals surface area (Å²) in [5.41, 5.74) is 0.931. The first-order chi connectivity index (χ1) is 12.2. The Morgan fingerprint density at radius 3 is 2.23 bits per heavy atom. The van der Waals surface area contributed by atoms with Gasteiger partial charge in [-0.3, -0.25) is 9.59 Å². The number of aromatic hydroxyl groups is 2. The Hall–Kier alpha value is -3.12. The number of ether oxygens (including phenoxy) is 1. The monoisotopic (exact) mass is 354 g/mol. The van der Waals surface area contributed by atoms with Gasteiger partial charge in [-0.15, -0.1) is 0 Å². The largest absolute Gasteiger partial charge is 0.507 e. The molecule has 1 atom stereocenters. The van der Waals surface area contributed by atoms with E-state index in [1.54, 1.807) is 13.8 Å². The Morgan fingerprint density at radius 1 is 1.04 bits per heavy atom. The number of hydrogen-bond donors (Lipinski definition) is 3. The van der Waals surface area contributed by atoms with Crippen LogP contribution in [0.15, 0.2) is 36.4 Å². The molecule has 0 radical (unpaired) electrons. The summed E-state index contributed by atoms with van der Waals surface area (Å²) in [7, 11) is 0. The van der Waals surface area contributed by atoms with Crippen molar-refractivity contribution in [3.63, 3.8) is 0 Å². The van der Waals surface area contributed by atoms with Crippen molar-refractivity contribution in [2.45, 2.75) is 20.0 Å². The molecule has 0 fully saturated rings. The molecule has 6 nitrogen and oxygen atoms in total. The molecule has 0 saturated carbocycles. The fourth-order valence-corrected chi connectivity index (χ4v) is 2.87. The van der Waals surface area contributed by atoms with Crippen LogP contribution in [0.4, 0.5) is 0 Å². The van der Waals surface area contributed by atoms with Crippen molar-refractivity contribution in [1.82, 2.24) is 0 Å². The molecule has 3 N–H and O–H groups in total. The van der Waals surface area contributed by atoms with Crippen LogP contribution < -0.4 is 4.74 Å². The van der Waals surface area contributed by atoms with Crippen molar-refractivity contribution >= 4 is 11.6 Å². The maximum Gasteiger partial charge on any atom is 0.201 e. The second-order valence-corrected chi connectivity index (χ2v) is 6.40.